The van der Waals surface area contributed by atoms with Gasteiger partial charge in [-0.15, -0.1) is 23.1 Å². The van der Waals surface area contributed by atoms with Gasteiger partial charge in [-0.3, -0.25) is 19.4 Å². The maximum absolute atomic E-state index is 12.5. The molecule has 1 unspecified atom stereocenters. The summed E-state index contributed by atoms with van der Waals surface area (Å²) >= 11 is 3.01. The van der Waals surface area contributed by atoms with E-state index in [1.54, 1.807) is 42.9 Å². The van der Waals surface area contributed by atoms with Gasteiger partial charge in [0.15, 0.2) is 0 Å². The SMILES string of the molecule is CSc1sc(-c2ccnc(Nc3cccc(NC(=O)CCC4NC(=O)CNC4=O)c3)n2)c(-c2cccnc2)c1C#N. The average molecular weight is 585 g/mol. The molecule has 4 heterocycles. The number of nitriles is 1. The first kappa shape index (κ1) is 27.8. The number of amides is 3. The number of hydrogen-bond acceptors (Lipinski definition) is 10. The number of nitrogens with zero attached hydrogens (tertiary/aromatic N) is 4. The number of hydrogen-bond donors (Lipinski definition) is 4. The smallest absolute Gasteiger partial charge is 0.243 e. The van der Waals surface area contributed by atoms with Gasteiger partial charge in [-0.25, -0.2) is 9.97 Å². The minimum Gasteiger partial charge on any atom is -0.345 e. The number of aromatic nitrogens is 3. The molecule has 1 aromatic carbocycles. The minimum atomic E-state index is -0.724. The number of benzene rings is 1. The Labute approximate surface area is 243 Å². The molecule has 0 aliphatic carbocycles. The van der Waals surface area contributed by atoms with Gasteiger partial charge in [0.2, 0.25) is 23.7 Å². The van der Waals surface area contributed by atoms with E-state index in [-0.39, 0.29) is 37.1 Å². The zero-order valence-electron chi connectivity index (χ0n) is 21.8. The van der Waals surface area contributed by atoms with Gasteiger partial charge in [0.25, 0.3) is 0 Å². The number of pyridine rings is 1. The van der Waals surface area contributed by atoms with Crippen molar-refractivity contribution in [2.75, 3.05) is 23.4 Å². The molecule has 1 atom stereocenters. The Bertz CT molecular complexity index is 1650. The zero-order valence-corrected chi connectivity index (χ0v) is 23.4. The minimum absolute atomic E-state index is 0.0489. The molecule has 41 heavy (non-hydrogen) atoms. The van der Waals surface area contributed by atoms with Crippen molar-refractivity contribution in [2.24, 2.45) is 0 Å². The maximum atomic E-state index is 12.5. The van der Waals surface area contributed by atoms with Crippen molar-refractivity contribution in [3.05, 3.63) is 66.6 Å². The molecule has 0 bridgehead atoms. The van der Waals surface area contributed by atoms with Gasteiger partial charge in [0, 0.05) is 47.5 Å². The van der Waals surface area contributed by atoms with Crippen LogP contribution in [0.4, 0.5) is 17.3 Å². The fourth-order valence-corrected chi connectivity index (χ4v) is 6.19. The number of nitrogens with one attached hydrogen (secondary N) is 4. The fraction of sp³-hybridized carbons (Fsp3) is 0.179. The maximum Gasteiger partial charge on any atom is 0.243 e. The van der Waals surface area contributed by atoms with Gasteiger partial charge < -0.3 is 21.3 Å². The molecular weight excluding hydrogens is 560 g/mol. The van der Waals surface area contributed by atoms with Crippen molar-refractivity contribution in [1.82, 2.24) is 25.6 Å². The van der Waals surface area contributed by atoms with Crippen molar-refractivity contribution < 1.29 is 14.4 Å². The summed E-state index contributed by atoms with van der Waals surface area (Å²) in [6, 6.07) is 14.3. The molecular formula is C28H24N8O3S2. The molecule has 0 radical (unpaired) electrons. The Morgan fingerprint density at radius 1 is 1.20 bits per heavy atom. The predicted molar refractivity (Wildman–Crippen MR) is 158 cm³/mol. The summed E-state index contributed by atoms with van der Waals surface area (Å²) in [5, 5.41) is 21.0. The first-order valence-corrected chi connectivity index (χ1v) is 14.6. The predicted octanol–water partition coefficient (Wildman–Crippen LogP) is 3.94. The largest absolute Gasteiger partial charge is 0.345 e. The molecule has 1 aliphatic rings. The van der Waals surface area contributed by atoms with E-state index in [0.717, 1.165) is 20.2 Å². The number of carbonyl (C=O) groups excluding carboxylic acids is 3. The Hall–Kier alpha value is -4.80. The van der Waals surface area contributed by atoms with Crippen LogP contribution in [0, 0.1) is 11.3 Å². The highest BCUT2D eigenvalue weighted by Gasteiger charge is 2.26. The standard InChI is InChI=1S/C28H24N8O3S2/c1-40-27-19(13-29)24(16-4-3-10-30-14-16)25(41-27)20-9-11-31-28(36-20)34-18-6-2-5-17(12-18)33-22(37)8-7-21-26(39)32-15-23(38)35-21/h2-6,9-12,14,21H,7-8,15H2,1H3,(H,32,39)(H,33,37)(H,35,38)(H,31,34,36). The summed E-state index contributed by atoms with van der Waals surface area (Å²) in [5.41, 5.74) is 4.07. The molecule has 206 valence electrons. The number of anilines is 3. The highest BCUT2D eigenvalue weighted by molar-refractivity contribution is 8.00. The summed E-state index contributed by atoms with van der Waals surface area (Å²) in [6.07, 6.45) is 7.26. The molecule has 1 saturated heterocycles. The topological polar surface area (TPSA) is 162 Å². The van der Waals surface area contributed by atoms with Crippen molar-refractivity contribution in [1.29, 1.82) is 5.26 Å². The van der Waals surface area contributed by atoms with Crippen LogP contribution in [0.2, 0.25) is 0 Å². The van der Waals surface area contributed by atoms with Crippen molar-refractivity contribution >= 4 is 58.1 Å². The van der Waals surface area contributed by atoms with E-state index in [2.05, 4.69) is 37.3 Å². The van der Waals surface area contributed by atoms with Gasteiger partial charge in [0.05, 0.1) is 26.9 Å². The molecule has 5 rings (SSSR count). The van der Waals surface area contributed by atoms with Crippen LogP contribution in [0.15, 0.2) is 65.3 Å². The van der Waals surface area contributed by atoms with E-state index in [0.29, 0.717) is 28.6 Å². The van der Waals surface area contributed by atoms with E-state index in [1.807, 2.05) is 24.5 Å². The van der Waals surface area contributed by atoms with Crippen LogP contribution >= 0.6 is 23.1 Å². The molecule has 13 heteroatoms. The first-order valence-electron chi connectivity index (χ1n) is 12.5. The molecule has 1 fully saturated rings. The van der Waals surface area contributed by atoms with Crippen molar-refractivity contribution in [2.45, 2.75) is 23.1 Å². The van der Waals surface area contributed by atoms with E-state index in [9.17, 15) is 19.6 Å². The van der Waals surface area contributed by atoms with E-state index >= 15 is 0 Å². The quantitative estimate of drug-likeness (QED) is 0.214. The lowest BCUT2D eigenvalue weighted by Crippen LogP contribution is -2.56. The first-order chi connectivity index (χ1) is 19.9. The van der Waals surface area contributed by atoms with Crippen LogP contribution in [0.3, 0.4) is 0 Å². The molecule has 3 aromatic heterocycles. The number of thioether (sulfide) groups is 1. The number of carbonyl (C=O) groups is 3. The van der Waals surface area contributed by atoms with E-state index in [1.165, 1.54) is 23.1 Å². The zero-order chi connectivity index (χ0) is 28.8. The van der Waals surface area contributed by atoms with Gasteiger partial charge in [-0.2, -0.15) is 5.26 Å². The van der Waals surface area contributed by atoms with Crippen LogP contribution in [0.1, 0.15) is 18.4 Å². The molecule has 11 nitrogen and oxygen atoms in total. The van der Waals surface area contributed by atoms with Gasteiger partial charge >= 0.3 is 0 Å². The third kappa shape index (κ3) is 6.51. The lowest BCUT2D eigenvalue weighted by atomic mass is 10.0. The van der Waals surface area contributed by atoms with E-state index in [4.69, 9.17) is 4.98 Å². The lowest BCUT2D eigenvalue weighted by Gasteiger charge is -2.22. The third-order valence-electron chi connectivity index (χ3n) is 6.15. The molecule has 4 N–H and O–H groups in total. The highest BCUT2D eigenvalue weighted by Crippen LogP contribution is 2.45. The second-order valence-corrected chi connectivity index (χ2v) is 11.0. The molecule has 4 aromatic rings. The van der Waals surface area contributed by atoms with Gasteiger partial charge in [0.1, 0.15) is 12.1 Å². The summed E-state index contributed by atoms with van der Waals surface area (Å²) in [5.74, 6) is -0.511. The summed E-state index contributed by atoms with van der Waals surface area (Å²) in [7, 11) is 0. The van der Waals surface area contributed by atoms with Crippen molar-refractivity contribution in [3.63, 3.8) is 0 Å². The van der Waals surface area contributed by atoms with Crippen molar-refractivity contribution in [3.8, 4) is 27.8 Å². The van der Waals surface area contributed by atoms with Crippen LogP contribution in [0.5, 0.6) is 0 Å². The van der Waals surface area contributed by atoms with Crippen LogP contribution in [-0.2, 0) is 14.4 Å². The van der Waals surface area contributed by atoms with E-state index < -0.39 is 6.04 Å². The fourth-order valence-electron chi connectivity index (χ4n) is 4.27. The summed E-state index contributed by atoms with van der Waals surface area (Å²) < 4.78 is 0.893. The van der Waals surface area contributed by atoms with Crippen LogP contribution < -0.4 is 21.3 Å². The summed E-state index contributed by atoms with van der Waals surface area (Å²) in [4.78, 5) is 50.1. The highest BCUT2D eigenvalue weighted by atomic mass is 32.2. The Morgan fingerprint density at radius 3 is 2.83 bits per heavy atom. The van der Waals surface area contributed by atoms with Crippen LogP contribution in [-0.4, -0.2) is 51.5 Å². The second kappa shape index (κ2) is 12.6. The second-order valence-electron chi connectivity index (χ2n) is 8.92. The molecule has 3 amide bonds. The van der Waals surface area contributed by atoms with Crippen LogP contribution in [0.25, 0.3) is 21.7 Å². The monoisotopic (exact) mass is 584 g/mol. The normalized spacial score (nSPS) is 14.5. The summed E-state index contributed by atoms with van der Waals surface area (Å²) in [6.45, 7) is -0.0489. The number of piperazine rings is 1. The third-order valence-corrected chi connectivity index (χ3v) is 8.48. The Morgan fingerprint density at radius 2 is 2.05 bits per heavy atom. The molecule has 0 saturated carbocycles. The van der Waals surface area contributed by atoms with Gasteiger partial charge in [-0.05, 0) is 43.0 Å². The Balaban J connectivity index is 1.31. The Kier molecular flexibility index (Phi) is 8.52. The average Bonchev–Trinajstić information content (AvgIpc) is 3.37. The lowest BCUT2D eigenvalue weighted by molar-refractivity contribution is -0.134. The molecule has 1 aliphatic heterocycles. The number of thiophene rings is 1. The van der Waals surface area contributed by atoms with Gasteiger partial charge in [-0.1, -0.05) is 12.1 Å². The molecule has 0 spiro atoms. The number of rotatable bonds is 9.